The maximum Gasteiger partial charge on any atom is 0.222 e. The maximum atomic E-state index is 16.0. The first-order valence-corrected chi connectivity index (χ1v) is 16.3. The van der Waals surface area contributed by atoms with Crippen molar-refractivity contribution >= 4 is 5.91 Å². The van der Waals surface area contributed by atoms with E-state index in [0.29, 0.717) is 24.7 Å². The molecule has 2 saturated carbocycles. The molecule has 1 amide bonds. The highest BCUT2D eigenvalue weighted by Crippen LogP contribution is 2.63. The van der Waals surface area contributed by atoms with Gasteiger partial charge in [0.15, 0.2) is 0 Å². The molecule has 0 bridgehead atoms. The fourth-order valence-electron chi connectivity index (χ4n) is 8.80. The molecule has 0 aromatic heterocycles. The van der Waals surface area contributed by atoms with Gasteiger partial charge in [0.25, 0.3) is 0 Å². The Morgan fingerprint density at radius 1 is 1.02 bits per heavy atom. The van der Waals surface area contributed by atoms with Crippen molar-refractivity contribution in [1.82, 2.24) is 4.90 Å². The van der Waals surface area contributed by atoms with Crippen LogP contribution in [-0.4, -0.2) is 46.4 Å². The standard InChI is InChI=1S/C36H50FNO3/c1-3-33(41)38(21-11-14-25-12-7-6-8-13-25)20-10-5-4-9-15-26-22-27-23-28(39)16-17-29(27)35-31(37)24-36(2)30(34(26)35)18-19-32(36)40/h6-8,12-13,16-17,23,26,30-32,34-35,39-40H,3-5,9-11,14-15,18-22,24H2,1-2H3/t26-,30+,31+,32+,34+,35+,36+/m1/s1. The second-order valence-corrected chi connectivity index (χ2v) is 13.4. The van der Waals surface area contributed by atoms with Crippen molar-refractivity contribution < 1.29 is 19.4 Å². The van der Waals surface area contributed by atoms with E-state index in [-0.39, 0.29) is 28.9 Å². The number of hydrogen-bond donors (Lipinski definition) is 2. The van der Waals surface area contributed by atoms with Gasteiger partial charge in [0.05, 0.1) is 6.10 Å². The molecule has 5 rings (SSSR count). The third kappa shape index (κ3) is 6.50. The Morgan fingerprint density at radius 2 is 1.78 bits per heavy atom. The van der Waals surface area contributed by atoms with Gasteiger partial charge < -0.3 is 15.1 Å². The van der Waals surface area contributed by atoms with Crippen LogP contribution in [0.15, 0.2) is 48.5 Å². The largest absolute Gasteiger partial charge is 0.508 e. The average molecular weight is 564 g/mol. The zero-order chi connectivity index (χ0) is 29.0. The summed E-state index contributed by atoms with van der Waals surface area (Å²) in [5.74, 6) is 1.36. The third-order valence-electron chi connectivity index (χ3n) is 10.9. The second kappa shape index (κ2) is 13.3. The molecule has 5 heteroatoms. The van der Waals surface area contributed by atoms with Gasteiger partial charge in [-0.3, -0.25) is 4.79 Å². The number of rotatable bonds is 12. The SMILES string of the molecule is CCC(=O)N(CCCCCC[C@@H]1Cc2cc(O)ccc2[C@@H]2[C@@H]1[C@@H]1CC[C@H](O)[C@@]1(C)C[C@@H]2F)CCCc1ccccc1. The Labute approximate surface area is 246 Å². The van der Waals surface area contributed by atoms with Gasteiger partial charge in [-0.15, -0.1) is 0 Å². The minimum absolute atomic E-state index is 0.128. The second-order valence-electron chi connectivity index (χ2n) is 13.4. The van der Waals surface area contributed by atoms with Gasteiger partial charge in [-0.05, 0) is 103 Å². The molecule has 0 aliphatic heterocycles. The lowest BCUT2D eigenvalue weighted by Gasteiger charge is -2.54. The number of aryl methyl sites for hydroxylation is 1. The molecule has 0 heterocycles. The summed E-state index contributed by atoms with van der Waals surface area (Å²) >= 11 is 0. The van der Waals surface area contributed by atoms with Gasteiger partial charge in [0.2, 0.25) is 5.91 Å². The van der Waals surface area contributed by atoms with Crippen LogP contribution < -0.4 is 0 Å². The molecular weight excluding hydrogens is 513 g/mol. The van der Waals surface area contributed by atoms with Crippen LogP contribution in [0.4, 0.5) is 4.39 Å². The number of carbonyl (C=O) groups excluding carboxylic acids is 1. The number of unbranched alkanes of at least 4 members (excludes halogenated alkanes) is 3. The molecule has 41 heavy (non-hydrogen) atoms. The first-order chi connectivity index (χ1) is 19.8. The first-order valence-electron chi connectivity index (χ1n) is 16.3. The summed E-state index contributed by atoms with van der Waals surface area (Å²) in [6.45, 7) is 5.72. The van der Waals surface area contributed by atoms with Crippen LogP contribution in [0.3, 0.4) is 0 Å². The molecule has 7 atom stereocenters. The topological polar surface area (TPSA) is 60.8 Å². The molecule has 2 aromatic carbocycles. The fourth-order valence-corrected chi connectivity index (χ4v) is 8.80. The Balaban J connectivity index is 1.15. The molecule has 2 fully saturated rings. The van der Waals surface area contributed by atoms with Crippen molar-refractivity contribution in [1.29, 1.82) is 0 Å². The summed E-state index contributed by atoms with van der Waals surface area (Å²) in [6.07, 6.45) is 9.65. The van der Waals surface area contributed by atoms with E-state index in [0.717, 1.165) is 88.4 Å². The van der Waals surface area contributed by atoms with E-state index >= 15 is 4.39 Å². The highest BCUT2D eigenvalue weighted by Gasteiger charge is 2.59. The number of benzene rings is 2. The van der Waals surface area contributed by atoms with Crippen molar-refractivity contribution in [2.24, 2.45) is 23.2 Å². The minimum Gasteiger partial charge on any atom is -0.508 e. The van der Waals surface area contributed by atoms with E-state index in [1.165, 1.54) is 5.56 Å². The number of phenols is 1. The van der Waals surface area contributed by atoms with E-state index in [9.17, 15) is 15.0 Å². The number of amides is 1. The number of fused-ring (bicyclic) bond motifs is 5. The molecule has 0 saturated heterocycles. The van der Waals surface area contributed by atoms with E-state index in [1.54, 1.807) is 6.07 Å². The fraction of sp³-hybridized carbons (Fsp3) is 0.639. The lowest BCUT2D eigenvalue weighted by atomic mass is 9.51. The van der Waals surface area contributed by atoms with Gasteiger partial charge in [-0.25, -0.2) is 4.39 Å². The van der Waals surface area contributed by atoms with Crippen molar-refractivity contribution in [2.45, 2.75) is 109 Å². The summed E-state index contributed by atoms with van der Waals surface area (Å²) in [5.41, 5.74) is 3.20. The summed E-state index contributed by atoms with van der Waals surface area (Å²) in [7, 11) is 0. The van der Waals surface area contributed by atoms with Crippen LogP contribution in [0.2, 0.25) is 0 Å². The number of aliphatic hydroxyl groups is 1. The van der Waals surface area contributed by atoms with Crippen LogP contribution in [0.5, 0.6) is 5.75 Å². The Kier molecular flexibility index (Phi) is 9.74. The number of hydrogen-bond acceptors (Lipinski definition) is 3. The lowest BCUT2D eigenvalue weighted by molar-refractivity contribution is -0.131. The van der Waals surface area contributed by atoms with Crippen LogP contribution in [-0.2, 0) is 17.6 Å². The number of nitrogens with zero attached hydrogens (tertiary/aromatic N) is 1. The molecule has 2 aromatic rings. The normalized spacial score (nSPS) is 30.3. The molecular formula is C36H50FNO3. The molecule has 0 unspecified atom stereocenters. The number of aliphatic hydroxyl groups excluding tert-OH is 1. The summed E-state index contributed by atoms with van der Waals surface area (Å²) in [4.78, 5) is 14.6. The molecule has 0 radical (unpaired) electrons. The van der Waals surface area contributed by atoms with Crippen LogP contribution >= 0.6 is 0 Å². The number of phenolic OH excluding ortho intramolecular Hbond substituents is 1. The minimum atomic E-state index is -0.955. The maximum absolute atomic E-state index is 16.0. The monoisotopic (exact) mass is 563 g/mol. The average Bonchev–Trinajstić information content (AvgIpc) is 3.26. The summed E-state index contributed by atoms with van der Waals surface area (Å²) in [6, 6.07) is 16.0. The van der Waals surface area contributed by atoms with Crippen molar-refractivity contribution in [3.8, 4) is 5.75 Å². The van der Waals surface area contributed by atoms with Crippen LogP contribution in [0, 0.1) is 23.2 Å². The van der Waals surface area contributed by atoms with Crippen molar-refractivity contribution in [3.05, 3.63) is 65.2 Å². The lowest BCUT2D eigenvalue weighted by Crippen LogP contribution is -2.51. The zero-order valence-corrected chi connectivity index (χ0v) is 25.1. The van der Waals surface area contributed by atoms with Gasteiger partial charge in [0.1, 0.15) is 11.9 Å². The zero-order valence-electron chi connectivity index (χ0n) is 25.1. The highest BCUT2D eigenvalue weighted by molar-refractivity contribution is 5.75. The first kappa shape index (κ1) is 30.1. The van der Waals surface area contributed by atoms with Gasteiger partial charge in [-0.2, -0.15) is 0 Å². The predicted molar refractivity (Wildman–Crippen MR) is 163 cm³/mol. The Hall–Kier alpha value is -2.40. The van der Waals surface area contributed by atoms with E-state index in [1.807, 2.05) is 30.0 Å². The number of carbonyl (C=O) groups is 1. The molecule has 224 valence electrons. The molecule has 2 N–H and O–H groups in total. The molecule has 0 spiro atoms. The molecule has 3 aliphatic rings. The summed E-state index contributed by atoms with van der Waals surface area (Å²) < 4.78 is 16.0. The molecule has 4 nitrogen and oxygen atoms in total. The number of alkyl halides is 1. The van der Waals surface area contributed by atoms with Crippen LogP contribution in [0.1, 0.15) is 101 Å². The quantitative estimate of drug-likeness (QED) is 0.261. The van der Waals surface area contributed by atoms with Gasteiger partial charge in [-0.1, -0.05) is 69.5 Å². The van der Waals surface area contributed by atoms with E-state index in [4.69, 9.17) is 0 Å². The number of halogens is 1. The Bertz CT molecular complexity index is 1150. The van der Waals surface area contributed by atoms with E-state index in [2.05, 4.69) is 31.2 Å². The Morgan fingerprint density at radius 3 is 2.56 bits per heavy atom. The van der Waals surface area contributed by atoms with E-state index < -0.39 is 12.3 Å². The van der Waals surface area contributed by atoms with Crippen LogP contribution in [0.25, 0.3) is 0 Å². The van der Waals surface area contributed by atoms with Crippen molar-refractivity contribution in [3.63, 3.8) is 0 Å². The van der Waals surface area contributed by atoms with Gasteiger partial charge in [0, 0.05) is 25.4 Å². The predicted octanol–water partition coefficient (Wildman–Crippen LogP) is 7.61. The van der Waals surface area contributed by atoms with Crippen molar-refractivity contribution in [2.75, 3.05) is 13.1 Å². The summed E-state index contributed by atoms with van der Waals surface area (Å²) in [5, 5.41) is 21.1. The number of aromatic hydroxyl groups is 1. The third-order valence-corrected chi connectivity index (χ3v) is 10.9. The van der Waals surface area contributed by atoms with Gasteiger partial charge >= 0.3 is 0 Å². The molecule has 3 aliphatic carbocycles. The highest BCUT2D eigenvalue weighted by atomic mass is 19.1. The smallest absolute Gasteiger partial charge is 0.222 e.